The van der Waals surface area contributed by atoms with Crippen LogP contribution >= 0.6 is 12.4 Å². The Morgan fingerprint density at radius 3 is 2.45 bits per heavy atom. The molecule has 0 fully saturated rings. The van der Waals surface area contributed by atoms with Crippen molar-refractivity contribution < 1.29 is 9.53 Å². The number of hydrogen-bond acceptors (Lipinski definition) is 4. The van der Waals surface area contributed by atoms with Crippen LogP contribution in [-0.2, 0) is 4.74 Å². The summed E-state index contributed by atoms with van der Waals surface area (Å²) in [5.74, 6) is 0.663. The lowest BCUT2D eigenvalue weighted by molar-refractivity contribution is 0.151. The van der Waals surface area contributed by atoms with Crippen LogP contribution in [0.15, 0.2) is 12.1 Å². The lowest BCUT2D eigenvalue weighted by Crippen LogP contribution is -2.38. The van der Waals surface area contributed by atoms with Crippen LogP contribution in [0.5, 0.6) is 0 Å². The molecule has 0 bridgehead atoms. The monoisotopic (exact) mass is 329 g/mol. The standard InChI is InChI=1S/C16H27N3O2.ClH/c1-6-7-10-21-16(20)19(9-8-18(4)5)15-12-13(2)11-14(3)17-15;/h11-12H,6-10H2,1-5H3;1H. The van der Waals surface area contributed by atoms with Gasteiger partial charge in [-0.2, -0.15) is 0 Å². The quantitative estimate of drug-likeness (QED) is 0.719. The average Bonchev–Trinajstić information content (AvgIpc) is 2.37. The number of aryl methyl sites for hydroxylation is 2. The molecule has 0 radical (unpaired) electrons. The highest BCUT2D eigenvalue weighted by molar-refractivity contribution is 5.86. The fraction of sp³-hybridized carbons (Fsp3) is 0.625. The van der Waals surface area contributed by atoms with E-state index in [-0.39, 0.29) is 18.5 Å². The third-order valence-corrected chi connectivity index (χ3v) is 3.08. The Morgan fingerprint density at radius 2 is 1.91 bits per heavy atom. The Balaban J connectivity index is 0.00000441. The highest BCUT2D eigenvalue weighted by Gasteiger charge is 2.19. The van der Waals surface area contributed by atoms with Gasteiger partial charge < -0.3 is 9.64 Å². The SMILES string of the molecule is CCCCOC(=O)N(CCN(C)C)c1cc(C)cc(C)n1.Cl. The van der Waals surface area contributed by atoms with Crippen molar-refractivity contribution in [2.24, 2.45) is 0 Å². The first-order valence-corrected chi connectivity index (χ1v) is 7.48. The lowest BCUT2D eigenvalue weighted by Gasteiger charge is -2.23. The van der Waals surface area contributed by atoms with Crippen molar-refractivity contribution in [1.82, 2.24) is 9.88 Å². The van der Waals surface area contributed by atoms with Crippen LogP contribution < -0.4 is 4.90 Å². The summed E-state index contributed by atoms with van der Waals surface area (Å²) in [7, 11) is 3.96. The summed E-state index contributed by atoms with van der Waals surface area (Å²) in [5.41, 5.74) is 2.00. The number of aromatic nitrogens is 1. The molecule has 1 rings (SSSR count). The molecule has 0 saturated heterocycles. The summed E-state index contributed by atoms with van der Waals surface area (Å²) < 4.78 is 5.34. The predicted octanol–water partition coefficient (Wildman–Crippen LogP) is 3.42. The van der Waals surface area contributed by atoms with E-state index in [1.54, 1.807) is 4.90 Å². The predicted molar refractivity (Wildman–Crippen MR) is 93.1 cm³/mol. The minimum atomic E-state index is -0.317. The first kappa shape index (κ1) is 20.7. The molecule has 0 aliphatic heterocycles. The molecule has 1 heterocycles. The second-order valence-corrected chi connectivity index (χ2v) is 5.57. The molecule has 0 N–H and O–H groups in total. The van der Waals surface area contributed by atoms with Crippen LogP contribution in [0.4, 0.5) is 10.6 Å². The topological polar surface area (TPSA) is 45.7 Å². The molecule has 0 saturated carbocycles. The number of pyridine rings is 1. The van der Waals surface area contributed by atoms with Crippen LogP contribution in [0.2, 0.25) is 0 Å². The van der Waals surface area contributed by atoms with Crippen LogP contribution in [-0.4, -0.2) is 49.8 Å². The number of rotatable bonds is 7. The second kappa shape index (κ2) is 10.4. The number of nitrogens with zero attached hydrogens (tertiary/aromatic N) is 3. The van der Waals surface area contributed by atoms with Gasteiger partial charge in [0.25, 0.3) is 0 Å². The number of halogens is 1. The molecule has 6 heteroatoms. The van der Waals surface area contributed by atoms with Gasteiger partial charge in [-0.3, -0.25) is 4.90 Å². The maximum absolute atomic E-state index is 12.3. The number of anilines is 1. The third-order valence-electron chi connectivity index (χ3n) is 3.08. The fourth-order valence-corrected chi connectivity index (χ4v) is 1.94. The molecule has 0 spiro atoms. The van der Waals surface area contributed by atoms with Gasteiger partial charge in [0.05, 0.1) is 6.61 Å². The van der Waals surface area contributed by atoms with Gasteiger partial charge in [-0.05, 0) is 52.1 Å². The Hall–Kier alpha value is -1.33. The van der Waals surface area contributed by atoms with E-state index in [9.17, 15) is 4.79 Å². The molecule has 0 aliphatic rings. The molecule has 0 aromatic carbocycles. The van der Waals surface area contributed by atoms with Crippen molar-refractivity contribution >= 4 is 24.3 Å². The highest BCUT2D eigenvalue weighted by Crippen LogP contribution is 2.16. The van der Waals surface area contributed by atoms with E-state index in [1.807, 2.05) is 45.0 Å². The van der Waals surface area contributed by atoms with Crippen LogP contribution in [0.25, 0.3) is 0 Å². The van der Waals surface area contributed by atoms with Gasteiger partial charge in [-0.25, -0.2) is 9.78 Å². The van der Waals surface area contributed by atoms with Gasteiger partial charge in [0.2, 0.25) is 0 Å². The van der Waals surface area contributed by atoms with Crippen molar-refractivity contribution in [2.75, 3.05) is 38.7 Å². The lowest BCUT2D eigenvalue weighted by atomic mass is 10.2. The van der Waals surface area contributed by atoms with E-state index in [1.165, 1.54) is 0 Å². The Labute approximate surface area is 140 Å². The normalized spacial score (nSPS) is 10.3. The Morgan fingerprint density at radius 1 is 1.23 bits per heavy atom. The minimum absolute atomic E-state index is 0. The summed E-state index contributed by atoms with van der Waals surface area (Å²) in [5, 5.41) is 0. The average molecular weight is 330 g/mol. The van der Waals surface area contributed by atoms with Crippen molar-refractivity contribution in [3.05, 3.63) is 23.4 Å². The number of carbonyl (C=O) groups excluding carboxylic acids is 1. The zero-order valence-corrected chi connectivity index (χ0v) is 15.1. The second-order valence-electron chi connectivity index (χ2n) is 5.57. The van der Waals surface area contributed by atoms with Crippen molar-refractivity contribution in [3.8, 4) is 0 Å². The van der Waals surface area contributed by atoms with Crippen LogP contribution in [0, 0.1) is 13.8 Å². The van der Waals surface area contributed by atoms with E-state index in [4.69, 9.17) is 4.74 Å². The van der Waals surface area contributed by atoms with Crippen molar-refractivity contribution in [2.45, 2.75) is 33.6 Å². The summed E-state index contributed by atoms with van der Waals surface area (Å²) in [4.78, 5) is 20.4. The summed E-state index contributed by atoms with van der Waals surface area (Å²) >= 11 is 0. The summed E-state index contributed by atoms with van der Waals surface area (Å²) in [6, 6.07) is 3.92. The first-order chi connectivity index (χ1) is 9.93. The zero-order valence-electron chi connectivity index (χ0n) is 14.3. The molecule has 5 nitrogen and oxygen atoms in total. The number of unbranched alkanes of at least 4 members (excludes halogenated alkanes) is 1. The number of ether oxygens (including phenoxy) is 1. The molecular weight excluding hydrogens is 302 g/mol. The van der Waals surface area contributed by atoms with E-state index in [0.717, 1.165) is 30.6 Å². The number of hydrogen-bond donors (Lipinski definition) is 0. The zero-order chi connectivity index (χ0) is 15.8. The molecular formula is C16H28ClN3O2. The molecule has 0 unspecified atom stereocenters. The number of amides is 1. The molecule has 0 aliphatic carbocycles. The number of likely N-dealkylation sites (N-methyl/N-ethyl adjacent to an activating group) is 1. The first-order valence-electron chi connectivity index (χ1n) is 7.48. The largest absolute Gasteiger partial charge is 0.449 e. The maximum Gasteiger partial charge on any atom is 0.415 e. The van der Waals surface area contributed by atoms with Gasteiger partial charge in [-0.1, -0.05) is 13.3 Å². The molecule has 1 amide bonds. The molecule has 1 aromatic heterocycles. The Kier molecular flexibility index (Phi) is 9.78. The summed E-state index contributed by atoms with van der Waals surface area (Å²) in [6.07, 6.45) is 1.57. The molecule has 1 aromatic rings. The van der Waals surface area contributed by atoms with E-state index < -0.39 is 0 Å². The number of carbonyl (C=O) groups is 1. The van der Waals surface area contributed by atoms with Gasteiger partial charge in [-0.15, -0.1) is 12.4 Å². The van der Waals surface area contributed by atoms with Crippen molar-refractivity contribution in [1.29, 1.82) is 0 Å². The molecule has 126 valence electrons. The van der Waals surface area contributed by atoms with E-state index in [2.05, 4.69) is 11.9 Å². The van der Waals surface area contributed by atoms with Crippen molar-refractivity contribution in [3.63, 3.8) is 0 Å². The minimum Gasteiger partial charge on any atom is -0.449 e. The Bertz CT molecular complexity index is 446. The van der Waals surface area contributed by atoms with E-state index >= 15 is 0 Å². The van der Waals surface area contributed by atoms with E-state index in [0.29, 0.717) is 19.0 Å². The molecule has 22 heavy (non-hydrogen) atoms. The third kappa shape index (κ3) is 7.09. The summed E-state index contributed by atoms with van der Waals surface area (Å²) in [6.45, 7) is 7.79. The highest BCUT2D eigenvalue weighted by atomic mass is 35.5. The van der Waals surface area contributed by atoms with Gasteiger partial charge >= 0.3 is 6.09 Å². The fourth-order valence-electron chi connectivity index (χ4n) is 1.94. The smallest absolute Gasteiger partial charge is 0.415 e. The maximum atomic E-state index is 12.3. The van der Waals surface area contributed by atoms with Gasteiger partial charge in [0.15, 0.2) is 0 Å². The van der Waals surface area contributed by atoms with Gasteiger partial charge in [0.1, 0.15) is 5.82 Å². The van der Waals surface area contributed by atoms with Crippen LogP contribution in [0.3, 0.4) is 0 Å². The molecule has 0 atom stereocenters. The van der Waals surface area contributed by atoms with Crippen LogP contribution in [0.1, 0.15) is 31.0 Å². The van der Waals surface area contributed by atoms with Gasteiger partial charge in [0, 0.05) is 18.8 Å².